The smallest absolute Gasteiger partial charge is 0.240 e. The lowest BCUT2D eigenvalue weighted by Crippen LogP contribution is -2.49. The maximum Gasteiger partial charge on any atom is 0.240 e. The average molecular weight is 491 g/mol. The van der Waals surface area contributed by atoms with E-state index < -0.39 is 10.0 Å². The fourth-order valence-electron chi connectivity index (χ4n) is 4.29. The molecule has 10 heteroatoms. The van der Waals surface area contributed by atoms with Crippen LogP contribution in [0.4, 0.5) is 11.4 Å². The van der Waals surface area contributed by atoms with Crippen LogP contribution in [0.5, 0.6) is 0 Å². The molecule has 33 heavy (non-hydrogen) atoms. The number of fused-ring (bicyclic) bond motifs is 1. The molecule has 2 heterocycles. The summed E-state index contributed by atoms with van der Waals surface area (Å²) in [5.74, 6) is -0.135. The van der Waals surface area contributed by atoms with Crippen molar-refractivity contribution in [1.82, 2.24) is 9.62 Å². The van der Waals surface area contributed by atoms with Crippen LogP contribution in [0.15, 0.2) is 47.4 Å². The molecule has 0 spiro atoms. The number of hydrogen-bond acceptors (Lipinski definition) is 5. The van der Waals surface area contributed by atoms with Gasteiger partial charge in [-0.25, -0.2) is 13.1 Å². The van der Waals surface area contributed by atoms with Crippen molar-refractivity contribution in [1.29, 1.82) is 0 Å². The first-order chi connectivity index (χ1) is 15.7. The standard InChI is InChI=1S/C23H27ClN4O4S/c1-17(29)28-10-8-18-15-21(5-6-22(18)28)33(31,32)25-9-7-23(30)27-13-11-26(12-14-27)20-4-2-3-19(24)16-20/h2-6,15-16,25H,7-14H2,1H3. The number of carbonyl (C=O) groups is 2. The number of rotatable bonds is 6. The van der Waals surface area contributed by atoms with Crippen LogP contribution >= 0.6 is 11.6 Å². The number of benzene rings is 2. The maximum atomic E-state index is 12.7. The average Bonchev–Trinajstić information content (AvgIpc) is 3.23. The van der Waals surface area contributed by atoms with E-state index in [4.69, 9.17) is 11.6 Å². The number of nitrogens with zero attached hydrogens (tertiary/aromatic N) is 3. The lowest BCUT2D eigenvalue weighted by molar-refractivity contribution is -0.131. The van der Waals surface area contributed by atoms with Crippen molar-refractivity contribution < 1.29 is 18.0 Å². The molecule has 8 nitrogen and oxygen atoms in total. The summed E-state index contributed by atoms with van der Waals surface area (Å²) in [6.45, 7) is 4.64. The highest BCUT2D eigenvalue weighted by Gasteiger charge is 2.25. The summed E-state index contributed by atoms with van der Waals surface area (Å²) in [5, 5.41) is 0.679. The van der Waals surface area contributed by atoms with Crippen molar-refractivity contribution in [2.24, 2.45) is 0 Å². The zero-order chi connectivity index (χ0) is 23.6. The van der Waals surface area contributed by atoms with Gasteiger partial charge in [-0.1, -0.05) is 17.7 Å². The molecule has 1 saturated heterocycles. The summed E-state index contributed by atoms with van der Waals surface area (Å²) in [4.78, 5) is 30.0. The van der Waals surface area contributed by atoms with Crippen molar-refractivity contribution in [3.05, 3.63) is 53.1 Å². The van der Waals surface area contributed by atoms with Gasteiger partial charge < -0.3 is 14.7 Å². The fraction of sp³-hybridized carbons (Fsp3) is 0.391. The molecular formula is C23H27ClN4O4S. The molecule has 0 atom stereocenters. The normalized spacial score (nSPS) is 16.1. The first-order valence-corrected chi connectivity index (χ1v) is 12.8. The maximum absolute atomic E-state index is 12.7. The van der Waals surface area contributed by atoms with Crippen LogP contribution in [0, 0.1) is 0 Å². The molecule has 0 unspecified atom stereocenters. The third-order valence-electron chi connectivity index (χ3n) is 6.07. The summed E-state index contributed by atoms with van der Waals surface area (Å²) in [6, 6.07) is 12.4. The summed E-state index contributed by atoms with van der Waals surface area (Å²) in [5.41, 5.74) is 2.62. The number of amides is 2. The van der Waals surface area contributed by atoms with E-state index in [-0.39, 0.29) is 29.7 Å². The third kappa shape index (κ3) is 5.31. The van der Waals surface area contributed by atoms with Gasteiger partial charge >= 0.3 is 0 Å². The lowest BCUT2D eigenvalue weighted by atomic mass is 10.2. The highest BCUT2D eigenvalue weighted by molar-refractivity contribution is 7.89. The van der Waals surface area contributed by atoms with E-state index >= 15 is 0 Å². The number of piperazine rings is 1. The molecule has 4 rings (SSSR count). The molecule has 2 aromatic carbocycles. The lowest BCUT2D eigenvalue weighted by Gasteiger charge is -2.36. The zero-order valence-electron chi connectivity index (χ0n) is 18.5. The summed E-state index contributed by atoms with van der Waals surface area (Å²) in [7, 11) is -3.74. The Morgan fingerprint density at radius 2 is 1.79 bits per heavy atom. The van der Waals surface area contributed by atoms with Gasteiger partial charge in [0, 0.05) is 69.0 Å². The monoisotopic (exact) mass is 490 g/mol. The van der Waals surface area contributed by atoms with E-state index in [9.17, 15) is 18.0 Å². The Hall–Kier alpha value is -2.62. The number of halogens is 1. The Bertz CT molecular complexity index is 1160. The molecule has 0 radical (unpaired) electrons. The number of sulfonamides is 1. The Morgan fingerprint density at radius 1 is 1.03 bits per heavy atom. The van der Waals surface area contributed by atoms with Gasteiger partial charge in [0.25, 0.3) is 0 Å². The van der Waals surface area contributed by atoms with E-state index in [1.165, 1.54) is 13.0 Å². The summed E-state index contributed by atoms with van der Waals surface area (Å²) >= 11 is 6.07. The molecule has 0 bridgehead atoms. The number of anilines is 2. The van der Waals surface area contributed by atoms with Crippen molar-refractivity contribution in [2.75, 3.05) is 49.1 Å². The van der Waals surface area contributed by atoms with Gasteiger partial charge in [-0.2, -0.15) is 0 Å². The Balaban J connectivity index is 1.28. The Labute approximate surface area is 199 Å². The van der Waals surface area contributed by atoms with E-state index in [0.29, 0.717) is 44.2 Å². The molecule has 0 aromatic heterocycles. The van der Waals surface area contributed by atoms with Gasteiger partial charge in [-0.05, 0) is 48.4 Å². The molecule has 1 N–H and O–H groups in total. The molecule has 2 aliphatic rings. The summed E-state index contributed by atoms with van der Waals surface area (Å²) < 4.78 is 27.9. The number of hydrogen-bond donors (Lipinski definition) is 1. The molecule has 2 amide bonds. The predicted molar refractivity (Wildman–Crippen MR) is 128 cm³/mol. The second-order valence-corrected chi connectivity index (χ2v) is 10.4. The first-order valence-electron chi connectivity index (χ1n) is 10.9. The van der Waals surface area contributed by atoms with Gasteiger partial charge in [0.05, 0.1) is 4.90 Å². The Morgan fingerprint density at radius 3 is 2.48 bits per heavy atom. The van der Waals surface area contributed by atoms with E-state index in [1.54, 1.807) is 21.9 Å². The second-order valence-electron chi connectivity index (χ2n) is 8.21. The fourth-order valence-corrected chi connectivity index (χ4v) is 5.56. The number of carbonyl (C=O) groups excluding carboxylic acids is 2. The first kappa shape index (κ1) is 23.5. The van der Waals surface area contributed by atoms with Crippen molar-refractivity contribution in [2.45, 2.75) is 24.7 Å². The van der Waals surface area contributed by atoms with Crippen molar-refractivity contribution >= 4 is 44.8 Å². The van der Waals surface area contributed by atoms with Crippen molar-refractivity contribution in [3.8, 4) is 0 Å². The highest BCUT2D eigenvalue weighted by atomic mass is 35.5. The van der Waals surface area contributed by atoms with Gasteiger partial charge in [0.2, 0.25) is 21.8 Å². The van der Waals surface area contributed by atoms with Crippen LogP contribution in [0.1, 0.15) is 18.9 Å². The Kier molecular flexibility index (Phi) is 6.92. The molecule has 2 aliphatic heterocycles. The minimum Gasteiger partial charge on any atom is -0.368 e. The topological polar surface area (TPSA) is 90.0 Å². The van der Waals surface area contributed by atoms with Gasteiger partial charge in [-0.3, -0.25) is 9.59 Å². The van der Waals surface area contributed by atoms with Crippen LogP contribution < -0.4 is 14.5 Å². The molecule has 2 aromatic rings. The largest absolute Gasteiger partial charge is 0.368 e. The molecule has 176 valence electrons. The molecular weight excluding hydrogens is 464 g/mol. The number of nitrogens with one attached hydrogen (secondary N) is 1. The molecule has 1 fully saturated rings. The second kappa shape index (κ2) is 9.70. The van der Waals surface area contributed by atoms with Gasteiger partial charge in [0.1, 0.15) is 0 Å². The van der Waals surface area contributed by atoms with Crippen LogP contribution in [0.3, 0.4) is 0 Å². The van der Waals surface area contributed by atoms with Crippen LogP contribution in [0.2, 0.25) is 5.02 Å². The van der Waals surface area contributed by atoms with Crippen LogP contribution in [-0.4, -0.2) is 64.4 Å². The van der Waals surface area contributed by atoms with E-state index in [1.807, 2.05) is 24.3 Å². The highest BCUT2D eigenvalue weighted by Crippen LogP contribution is 2.30. The van der Waals surface area contributed by atoms with E-state index in [0.717, 1.165) is 16.9 Å². The van der Waals surface area contributed by atoms with Crippen LogP contribution in [0.25, 0.3) is 0 Å². The van der Waals surface area contributed by atoms with Crippen LogP contribution in [-0.2, 0) is 26.0 Å². The molecule has 0 saturated carbocycles. The SMILES string of the molecule is CC(=O)N1CCc2cc(S(=O)(=O)NCCC(=O)N3CCN(c4cccc(Cl)c4)CC3)ccc21. The predicted octanol–water partition coefficient (Wildman–Crippen LogP) is 2.27. The third-order valence-corrected chi connectivity index (χ3v) is 7.77. The van der Waals surface area contributed by atoms with Gasteiger partial charge in [-0.15, -0.1) is 0 Å². The summed E-state index contributed by atoms with van der Waals surface area (Å²) in [6.07, 6.45) is 0.720. The van der Waals surface area contributed by atoms with Crippen molar-refractivity contribution in [3.63, 3.8) is 0 Å². The molecule has 0 aliphatic carbocycles. The zero-order valence-corrected chi connectivity index (χ0v) is 20.0. The van der Waals surface area contributed by atoms with E-state index in [2.05, 4.69) is 9.62 Å². The van der Waals surface area contributed by atoms with Gasteiger partial charge in [0.15, 0.2) is 0 Å². The quantitative estimate of drug-likeness (QED) is 0.671. The minimum atomic E-state index is -3.74. The minimum absolute atomic E-state index is 0.0341.